The summed E-state index contributed by atoms with van der Waals surface area (Å²) in [5, 5.41) is 6.67. The van der Waals surface area contributed by atoms with Crippen molar-refractivity contribution in [3.63, 3.8) is 0 Å². The summed E-state index contributed by atoms with van der Waals surface area (Å²) in [6.07, 6.45) is 6.10. The molecule has 2 unspecified atom stereocenters. The van der Waals surface area contributed by atoms with Crippen LogP contribution in [0.25, 0.3) is 0 Å². The first kappa shape index (κ1) is 13.3. The third-order valence-electron chi connectivity index (χ3n) is 4.33. The minimum atomic E-state index is -0.0851. The van der Waals surface area contributed by atoms with Crippen molar-refractivity contribution in [2.24, 2.45) is 0 Å². The molecule has 3 aliphatic rings. The molecular formula is C14H25N3O2. The molecule has 1 amide bonds. The quantitative estimate of drug-likeness (QED) is 0.759. The van der Waals surface area contributed by atoms with Gasteiger partial charge in [-0.3, -0.25) is 9.69 Å². The fourth-order valence-corrected chi connectivity index (χ4v) is 2.99. The zero-order valence-electron chi connectivity index (χ0n) is 11.6. The summed E-state index contributed by atoms with van der Waals surface area (Å²) >= 11 is 0. The van der Waals surface area contributed by atoms with Gasteiger partial charge in [0.25, 0.3) is 0 Å². The Balaban J connectivity index is 1.54. The summed E-state index contributed by atoms with van der Waals surface area (Å²) < 4.78 is 5.50. The molecule has 2 aliphatic heterocycles. The Kier molecular flexibility index (Phi) is 4.35. The highest BCUT2D eigenvalue weighted by Gasteiger charge is 2.34. The maximum absolute atomic E-state index is 12.2. The minimum Gasteiger partial charge on any atom is -0.378 e. The van der Waals surface area contributed by atoms with E-state index in [2.05, 4.69) is 15.5 Å². The summed E-state index contributed by atoms with van der Waals surface area (Å²) in [4.78, 5) is 14.6. The van der Waals surface area contributed by atoms with Crippen LogP contribution in [0, 0.1) is 0 Å². The van der Waals surface area contributed by atoms with Crippen LogP contribution in [0.2, 0.25) is 0 Å². The van der Waals surface area contributed by atoms with Crippen molar-refractivity contribution in [1.29, 1.82) is 0 Å². The lowest BCUT2D eigenvalue weighted by Gasteiger charge is -2.37. The van der Waals surface area contributed by atoms with E-state index < -0.39 is 0 Å². The number of hydrogen-bond acceptors (Lipinski definition) is 4. The number of morpholine rings is 1. The van der Waals surface area contributed by atoms with Gasteiger partial charge < -0.3 is 15.4 Å². The van der Waals surface area contributed by atoms with Crippen LogP contribution in [0.1, 0.15) is 32.1 Å². The van der Waals surface area contributed by atoms with Gasteiger partial charge in [-0.2, -0.15) is 0 Å². The second-order valence-electron chi connectivity index (χ2n) is 6.02. The lowest BCUT2D eigenvalue weighted by Crippen LogP contribution is -2.57. The summed E-state index contributed by atoms with van der Waals surface area (Å²) in [6, 6.07) is 0.894. The lowest BCUT2D eigenvalue weighted by atomic mass is 10.0. The van der Waals surface area contributed by atoms with Gasteiger partial charge >= 0.3 is 0 Å². The smallest absolute Gasteiger partial charge is 0.239 e. The standard InChI is InChI=1S/C14H25N3O2/c18-14(16-11-4-5-11)13-10-19-8-7-17(13)9-12-3-1-2-6-15-12/h11-13,15H,1-10H2,(H,16,18). The van der Waals surface area contributed by atoms with E-state index in [0.29, 0.717) is 18.7 Å². The first-order chi connectivity index (χ1) is 9.33. The van der Waals surface area contributed by atoms with Crippen LogP contribution in [-0.2, 0) is 9.53 Å². The Morgan fingerprint density at radius 1 is 1.32 bits per heavy atom. The van der Waals surface area contributed by atoms with Gasteiger partial charge in [-0.15, -0.1) is 0 Å². The summed E-state index contributed by atoms with van der Waals surface area (Å²) in [5.41, 5.74) is 0. The van der Waals surface area contributed by atoms with Crippen LogP contribution in [-0.4, -0.2) is 61.8 Å². The van der Waals surface area contributed by atoms with Crippen LogP contribution < -0.4 is 10.6 Å². The molecule has 0 aromatic rings. The highest BCUT2D eigenvalue weighted by atomic mass is 16.5. The fraction of sp³-hybridized carbons (Fsp3) is 0.929. The predicted octanol–water partition coefficient (Wildman–Crippen LogP) is 0.108. The normalized spacial score (nSPS) is 33.1. The van der Waals surface area contributed by atoms with Crippen molar-refractivity contribution in [1.82, 2.24) is 15.5 Å². The first-order valence-electron chi connectivity index (χ1n) is 7.68. The Morgan fingerprint density at radius 2 is 2.21 bits per heavy atom. The highest BCUT2D eigenvalue weighted by molar-refractivity contribution is 5.82. The molecule has 1 aliphatic carbocycles. The minimum absolute atomic E-state index is 0.0851. The van der Waals surface area contributed by atoms with Gasteiger partial charge in [0.2, 0.25) is 5.91 Å². The van der Waals surface area contributed by atoms with E-state index in [-0.39, 0.29) is 11.9 Å². The predicted molar refractivity (Wildman–Crippen MR) is 73.0 cm³/mol. The number of rotatable bonds is 4. The van der Waals surface area contributed by atoms with Gasteiger partial charge in [0.05, 0.1) is 13.2 Å². The Hall–Kier alpha value is -0.650. The molecule has 3 fully saturated rings. The zero-order chi connectivity index (χ0) is 13.1. The maximum atomic E-state index is 12.2. The van der Waals surface area contributed by atoms with Crippen molar-refractivity contribution in [3.05, 3.63) is 0 Å². The molecule has 0 aromatic carbocycles. The fourth-order valence-electron chi connectivity index (χ4n) is 2.99. The second-order valence-corrected chi connectivity index (χ2v) is 6.02. The van der Waals surface area contributed by atoms with E-state index in [0.717, 1.165) is 39.1 Å². The van der Waals surface area contributed by atoms with Crippen molar-refractivity contribution >= 4 is 5.91 Å². The molecule has 2 atom stereocenters. The Labute approximate surface area is 115 Å². The number of nitrogens with zero attached hydrogens (tertiary/aromatic N) is 1. The van der Waals surface area contributed by atoms with Crippen molar-refractivity contribution in [2.75, 3.05) is 32.8 Å². The van der Waals surface area contributed by atoms with E-state index in [1.54, 1.807) is 0 Å². The van der Waals surface area contributed by atoms with E-state index in [1.165, 1.54) is 19.3 Å². The number of ether oxygens (including phenoxy) is 1. The Morgan fingerprint density at radius 3 is 2.95 bits per heavy atom. The molecule has 19 heavy (non-hydrogen) atoms. The summed E-state index contributed by atoms with van der Waals surface area (Å²) in [7, 11) is 0. The van der Waals surface area contributed by atoms with Gasteiger partial charge in [-0.05, 0) is 32.2 Å². The topological polar surface area (TPSA) is 53.6 Å². The first-order valence-corrected chi connectivity index (χ1v) is 7.68. The van der Waals surface area contributed by atoms with Gasteiger partial charge in [0, 0.05) is 25.2 Å². The average molecular weight is 267 g/mol. The van der Waals surface area contributed by atoms with Gasteiger partial charge in [-0.25, -0.2) is 0 Å². The van der Waals surface area contributed by atoms with E-state index in [9.17, 15) is 4.79 Å². The van der Waals surface area contributed by atoms with E-state index >= 15 is 0 Å². The van der Waals surface area contributed by atoms with Crippen molar-refractivity contribution in [3.8, 4) is 0 Å². The monoisotopic (exact) mass is 267 g/mol. The summed E-state index contributed by atoms with van der Waals surface area (Å²) in [5.74, 6) is 0.165. The van der Waals surface area contributed by atoms with Crippen LogP contribution in [0.4, 0.5) is 0 Å². The third kappa shape index (κ3) is 3.68. The number of hydrogen-bond donors (Lipinski definition) is 2. The molecule has 5 nitrogen and oxygen atoms in total. The third-order valence-corrected chi connectivity index (χ3v) is 4.33. The number of amides is 1. The molecule has 108 valence electrons. The van der Waals surface area contributed by atoms with Gasteiger partial charge in [0.15, 0.2) is 0 Å². The SMILES string of the molecule is O=C(NC1CC1)C1COCCN1CC1CCCCN1. The molecule has 0 aromatic heterocycles. The second kappa shape index (κ2) is 6.20. The van der Waals surface area contributed by atoms with E-state index in [1.807, 2.05) is 0 Å². The number of carbonyl (C=O) groups is 1. The van der Waals surface area contributed by atoms with Gasteiger partial charge in [-0.1, -0.05) is 6.42 Å². The van der Waals surface area contributed by atoms with Gasteiger partial charge in [0.1, 0.15) is 6.04 Å². The molecule has 3 rings (SSSR count). The Bertz CT molecular complexity index is 314. The largest absolute Gasteiger partial charge is 0.378 e. The van der Waals surface area contributed by atoms with E-state index in [4.69, 9.17) is 4.74 Å². The molecule has 2 N–H and O–H groups in total. The highest BCUT2D eigenvalue weighted by Crippen LogP contribution is 2.20. The van der Waals surface area contributed by atoms with Crippen LogP contribution in [0.5, 0.6) is 0 Å². The number of carbonyl (C=O) groups excluding carboxylic acids is 1. The molecule has 0 spiro atoms. The van der Waals surface area contributed by atoms with Crippen LogP contribution in [0.15, 0.2) is 0 Å². The number of piperidine rings is 1. The maximum Gasteiger partial charge on any atom is 0.239 e. The number of nitrogens with one attached hydrogen (secondary N) is 2. The molecule has 5 heteroatoms. The van der Waals surface area contributed by atoms with Crippen molar-refractivity contribution in [2.45, 2.75) is 50.2 Å². The molecular weight excluding hydrogens is 242 g/mol. The van der Waals surface area contributed by atoms with Crippen molar-refractivity contribution < 1.29 is 9.53 Å². The zero-order valence-corrected chi connectivity index (χ0v) is 11.6. The molecule has 2 saturated heterocycles. The lowest BCUT2D eigenvalue weighted by molar-refractivity contribution is -0.133. The molecule has 2 heterocycles. The average Bonchev–Trinajstić information content (AvgIpc) is 3.24. The molecule has 0 bridgehead atoms. The molecule has 1 saturated carbocycles. The molecule has 0 radical (unpaired) electrons. The van der Waals surface area contributed by atoms with Crippen LogP contribution in [0.3, 0.4) is 0 Å². The van der Waals surface area contributed by atoms with Crippen LogP contribution >= 0.6 is 0 Å². The summed E-state index contributed by atoms with van der Waals surface area (Å²) in [6.45, 7) is 4.27.